The Hall–Kier alpha value is -1.69. The van der Waals surface area contributed by atoms with Gasteiger partial charge in [-0.25, -0.2) is 9.97 Å². The molecule has 1 N–H and O–H groups in total. The third-order valence-corrected chi connectivity index (χ3v) is 6.66. The van der Waals surface area contributed by atoms with Crippen LogP contribution in [0.3, 0.4) is 0 Å². The van der Waals surface area contributed by atoms with Crippen LogP contribution in [0.5, 0.6) is 0 Å². The van der Waals surface area contributed by atoms with E-state index in [1.807, 2.05) is 0 Å². The standard InChI is InChI=1S/C22H34N4OS/c1-14-15(2)28-20-17(14)18(23-13-24-20)26-10-8-16(9-11-26)19(27)25-22(6,7)12-21(3,4)5/h13,16H,8-12H2,1-7H3,(H,25,27). The smallest absolute Gasteiger partial charge is 0.223 e. The molecule has 1 aliphatic heterocycles. The van der Waals surface area contributed by atoms with Gasteiger partial charge in [0.1, 0.15) is 17.0 Å². The Kier molecular flexibility index (Phi) is 5.72. The lowest BCUT2D eigenvalue weighted by molar-refractivity contribution is -0.127. The monoisotopic (exact) mass is 402 g/mol. The zero-order valence-electron chi connectivity index (χ0n) is 18.3. The van der Waals surface area contributed by atoms with Crippen LogP contribution in [-0.2, 0) is 4.79 Å². The molecule has 5 nitrogen and oxygen atoms in total. The van der Waals surface area contributed by atoms with Gasteiger partial charge in [0.15, 0.2) is 0 Å². The number of nitrogens with one attached hydrogen (secondary N) is 1. The van der Waals surface area contributed by atoms with E-state index < -0.39 is 0 Å². The van der Waals surface area contributed by atoms with Crippen molar-refractivity contribution < 1.29 is 4.79 Å². The summed E-state index contributed by atoms with van der Waals surface area (Å²) in [4.78, 5) is 26.6. The van der Waals surface area contributed by atoms with Gasteiger partial charge in [-0.15, -0.1) is 11.3 Å². The largest absolute Gasteiger partial charge is 0.356 e. The molecule has 0 saturated carbocycles. The van der Waals surface area contributed by atoms with Crippen molar-refractivity contribution in [3.63, 3.8) is 0 Å². The number of thiophene rings is 1. The molecular formula is C22H34N4OS. The molecule has 1 aliphatic rings. The van der Waals surface area contributed by atoms with Gasteiger partial charge in [0.05, 0.1) is 5.39 Å². The maximum atomic E-state index is 12.9. The second-order valence-electron chi connectivity index (χ2n) is 10.0. The summed E-state index contributed by atoms with van der Waals surface area (Å²) in [7, 11) is 0. The van der Waals surface area contributed by atoms with Crippen LogP contribution >= 0.6 is 11.3 Å². The molecule has 2 aromatic rings. The van der Waals surface area contributed by atoms with Crippen LogP contribution in [0.2, 0.25) is 0 Å². The molecule has 0 atom stereocenters. The molecule has 1 saturated heterocycles. The highest BCUT2D eigenvalue weighted by molar-refractivity contribution is 7.18. The van der Waals surface area contributed by atoms with E-state index in [9.17, 15) is 4.79 Å². The number of amides is 1. The Labute approximate surface area is 172 Å². The highest BCUT2D eigenvalue weighted by Crippen LogP contribution is 2.36. The molecule has 0 spiro atoms. The normalized spacial score (nSPS) is 16.6. The number of aryl methyl sites for hydroxylation is 2. The summed E-state index contributed by atoms with van der Waals surface area (Å²) in [6.07, 6.45) is 4.36. The quantitative estimate of drug-likeness (QED) is 0.794. The van der Waals surface area contributed by atoms with Crippen LogP contribution in [-0.4, -0.2) is 34.5 Å². The Morgan fingerprint density at radius 3 is 2.43 bits per heavy atom. The van der Waals surface area contributed by atoms with Gasteiger partial charge >= 0.3 is 0 Å². The molecule has 1 fully saturated rings. The van der Waals surface area contributed by atoms with Gasteiger partial charge in [0.25, 0.3) is 0 Å². The fourth-order valence-electron chi connectivity index (χ4n) is 4.56. The molecule has 0 radical (unpaired) electrons. The lowest BCUT2D eigenvalue weighted by Crippen LogP contribution is -2.50. The van der Waals surface area contributed by atoms with Crippen molar-refractivity contribution >= 4 is 33.3 Å². The molecule has 0 bridgehead atoms. The third-order valence-electron chi connectivity index (χ3n) is 5.54. The second kappa shape index (κ2) is 7.62. The number of carbonyl (C=O) groups excluding carboxylic acids is 1. The van der Waals surface area contributed by atoms with Crippen molar-refractivity contribution in [3.05, 3.63) is 16.8 Å². The summed E-state index contributed by atoms with van der Waals surface area (Å²) >= 11 is 1.73. The lowest BCUT2D eigenvalue weighted by atomic mass is 9.81. The van der Waals surface area contributed by atoms with Gasteiger partial charge in [-0.3, -0.25) is 4.79 Å². The number of piperidine rings is 1. The van der Waals surface area contributed by atoms with Crippen molar-refractivity contribution in [3.8, 4) is 0 Å². The number of aromatic nitrogens is 2. The Balaban J connectivity index is 1.66. The number of nitrogens with zero attached hydrogens (tertiary/aromatic N) is 3. The van der Waals surface area contributed by atoms with E-state index in [-0.39, 0.29) is 22.8 Å². The van der Waals surface area contributed by atoms with Gasteiger partial charge in [-0.2, -0.15) is 0 Å². The molecule has 0 aromatic carbocycles. The highest BCUT2D eigenvalue weighted by Gasteiger charge is 2.32. The molecule has 3 rings (SSSR count). The SMILES string of the molecule is Cc1sc2ncnc(N3CCC(C(=O)NC(C)(C)CC(C)(C)C)CC3)c2c1C. The minimum Gasteiger partial charge on any atom is -0.356 e. The molecule has 154 valence electrons. The summed E-state index contributed by atoms with van der Waals surface area (Å²) in [6, 6.07) is 0. The first kappa shape index (κ1) is 21.0. The average molecular weight is 403 g/mol. The molecular weight excluding hydrogens is 368 g/mol. The van der Waals surface area contributed by atoms with E-state index in [2.05, 4.69) is 68.7 Å². The van der Waals surface area contributed by atoms with E-state index in [0.29, 0.717) is 0 Å². The molecule has 28 heavy (non-hydrogen) atoms. The van der Waals surface area contributed by atoms with Crippen molar-refractivity contribution in [1.29, 1.82) is 0 Å². The van der Waals surface area contributed by atoms with E-state index in [1.54, 1.807) is 17.7 Å². The number of rotatable bonds is 4. The summed E-state index contributed by atoms with van der Waals surface area (Å²) in [5.41, 5.74) is 1.28. The molecule has 0 unspecified atom stereocenters. The first-order valence-electron chi connectivity index (χ1n) is 10.2. The van der Waals surface area contributed by atoms with Crippen molar-refractivity contribution in [1.82, 2.24) is 15.3 Å². The van der Waals surface area contributed by atoms with Crippen molar-refractivity contribution in [2.24, 2.45) is 11.3 Å². The lowest BCUT2D eigenvalue weighted by Gasteiger charge is -2.37. The number of hydrogen-bond donors (Lipinski definition) is 1. The van der Waals surface area contributed by atoms with Gasteiger partial charge < -0.3 is 10.2 Å². The van der Waals surface area contributed by atoms with Crippen LogP contribution in [0.1, 0.15) is 64.3 Å². The van der Waals surface area contributed by atoms with Gasteiger partial charge in [-0.05, 0) is 57.9 Å². The minimum absolute atomic E-state index is 0.0816. The molecule has 2 aromatic heterocycles. The van der Waals surface area contributed by atoms with Gasteiger partial charge in [-0.1, -0.05) is 20.8 Å². The average Bonchev–Trinajstić information content (AvgIpc) is 2.87. The summed E-state index contributed by atoms with van der Waals surface area (Å²) in [5, 5.41) is 4.48. The van der Waals surface area contributed by atoms with Crippen molar-refractivity contribution in [2.75, 3.05) is 18.0 Å². The molecule has 1 amide bonds. The summed E-state index contributed by atoms with van der Waals surface area (Å²) in [5.74, 6) is 1.31. The Morgan fingerprint density at radius 1 is 1.18 bits per heavy atom. The molecule has 0 aliphatic carbocycles. The third kappa shape index (κ3) is 4.65. The van der Waals surface area contributed by atoms with Crippen LogP contribution in [0.25, 0.3) is 10.2 Å². The second-order valence-corrected chi connectivity index (χ2v) is 11.2. The maximum absolute atomic E-state index is 12.9. The zero-order chi connectivity index (χ0) is 20.7. The maximum Gasteiger partial charge on any atom is 0.223 e. The van der Waals surface area contributed by atoms with Crippen molar-refractivity contribution in [2.45, 2.75) is 73.3 Å². The van der Waals surface area contributed by atoms with Crippen LogP contribution < -0.4 is 10.2 Å². The van der Waals surface area contributed by atoms with E-state index in [1.165, 1.54) is 15.8 Å². The van der Waals surface area contributed by atoms with Crippen LogP contribution in [0, 0.1) is 25.2 Å². The van der Waals surface area contributed by atoms with Crippen LogP contribution in [0.15, 0.2) is 6.33 Å². The summed E-state index contributed by atoms with van der Waals surface area (Å²) < 4.78 is 0. The highest BCUT2D eigenvalue weighted by atomic mass is 32.1. The predicted octanol–water partition coefficient (Wildman–Crippen LogP) is 4.86. The number of anilines is 1. The fourth-order valence-corrected chi connectivity index (χ4v) is 5.55. The van der Waals surface area contributed by atoms with E-state index in [0.717, 1.165) is 43.0 Å². The predicted molar refractivity (Wildman–Crippen MR) is 118 cm³/mol. The van der Waals surface area contributed by atoms with Gasteiger partial charge in [0.2, 0.25) is 5.91 Å². The van der Waals surface area contributed by atoms with E-state index >= 15 is 0 Å². The van der Waals surface area contributed by atoms with E-state index in [4.69, 9.17) is 0 Å². The molecule has 3 heterocycles. The Morgan fingerprint density at radius 2 is 1.82 bits per heavy atom. The first-order chi connectivity index (χ1) is 13.0. The molecule has 6 heteroatoms. The number of hydrogen-bond acceptors (Lipinski definition) is 5. The zero-order valence-corrected chi connectivity index (χ0v) is 19.2. The fraction of sp³-hybridized carbons (Fsp3) is 0.682. The first-order valence-corrected chi connectivity index (χ1v) is 11.1. The van der Waals surface area contributed by atoms with Gasteiger partial charge in [0, 0.05) is 29.4 Å². The number of carbonyl (C=O) groups is 1. The minimum atomic E-state index is -0.184. The number of fused-ring (bicyclic) bond motifs is 1. The Bertz CT molecular complexity index is 857. The summed E-state index contributed by atoms with van der Waals surface area (Å²) in [6.45, 7) is 16.9. The topological polar surface area (TPSA) is 58.1 Å². The van der Waals surface area contributed by atoms with Crippen LogP contribution in [0.4, 0.5) is 5.82 Å².